The molecule has 0 radical (unpaired) electrons. The highest BCUT2D eigenvalue weighted by atomic mass is 28.4. The minimum absolute atomic E-state index is 0.0553. The third-order valence-electron chi connectivity index (χ3n) is 8.73. The number of aliphatic hydroxyl groups excluding tert-OH is 1. The zero-order chi connectivity index (χ0) is 18.3. The lowest BCUT2D eigenvalue weighted by Gasteiger charge is -2.59. The summed E-state index contributed by atoms with van der Waals surface area (Å²) in [6.45, 7) is 18.2. The minimum Gasteiger partial charge on any atom is -0.413 e. The summed E-state index contributed by atoms with van der Waals surface area (Å²) >= 11 is 0. The number of ketones is 1. The Hall–Kier alpha value is -0.193. The van der Waals surface area contributed by atoms with Crippen molar-refractivity contribution in [1.82, 2.24) is 0 Å². The predicted molar refractivity (Wildman–Crippen MR) is 99.4 cm³/mol. The van der Waals surface area contributed by atoms with Crippen LogP contribution in [0, 0.1) is 22.2 Å². The summed E-state index contributed by atoms with van der Waals surface area (Å²) in [6.07, 6.45) is 3.00. The normalized spacial score (nSPS) is 44.7. The van der Waals surface area contributed by atoms with Crippen molar-refractivity contribution in [1.29, 1.82) is 0 Å². The Labute approximate surface area is 148 Å². The molecular weight excluding hydrogens is 316 g/mol. The Morgan fingerprint density at radius 1 is 1.21 bits per heavy atom. The van der Waals surface area contributed by atoms with Gasteiger partial charge in [-0.25, -0.2) is 0 Å². The first-order valence-electron chi connectivity index (χ1n) is 9.60. The summed E-state index contributed by atoms with van der Waals surface area (Å²) in [5, 5.41) is 10.8. The molecule has 3 saturated carbocycles. The van der Waals surface area contributed by atoms with Gasteiger partial charge in [0.15, 0.2) is 8.32 Å². The van der Waals surface area contributed by atoms with E-state index in [0.29, 0.717) is 18.6 Å². The number of Topliss-reactive ketones (excluding diaryl/α,β-unsaturated/α-hetero) is 1. The zero-order valence-corrected chi connectivity index (χ0v) is 17.8. The average Bonchev–Trinajstić information content (AvgIpc) is 2.77. The number of carbonyl (C=O) groups excluding carboxylic acids is 1. The molecule has 0 aromatic carbocycles. The molecule has 5 atom stereocenters. The second-order valence-electron chi connectivity index (χ2n) is 11.0. The molecule has 3 aliphatic rings. The first kappa shape index (κ1) is 18.6. The van der Waals surface area contributed by atoms with Crippen LogP contribution in [0.2, 0.25) is 18.1 Å². The summed E-state index contributed by atoms with van der Waals surface area (Å²) < 4.78 is 6.85. The molecule has 3 aliphatic carbocycles. The molecule has 2 bridgehead atoms. The second-order valence-corrected chi connectivity index (χ2v) is 15.7. The van der Waals surface area contributed by atoms with E-state index in [1.807, 2.05) is 0 Å². The van der Waals surface area contributed by atoms with E-state index in [0.717, 1.165) is 12.8 Å². The number of carbonyl (C=O) groups is 1. The summed E-state index contributed by atoms with van der Waals surface area (Å²) in [7, 11) is -1.89. The molecule has 0 aromatic heterocycles. The summed E-state index contributed by atoms with van der Waals surface area (Å²) in [5.74, 6) is 0.534. The lowest BCUT2D eigenvalue weighted by atomic mass is 9.47. The van der Waals surface area contributed by atoms with Crippen molar-refractivity contribution in [2.24, 2.45) is 22.2 Å². The molecule has 0 unspecified atom stereocenters. The van der Waals surface area contributed by atoms with Crippen molar-refractivity contribution in [3.8, 4) is 0 Å². The summed E-state index contributed by atoms with van der Waals surface area (Å²) in [4.78, 5) is 13.1. The van der Waals surface area contributed by atoms with Crippen LogP contribution in [-0.2, 0) is 9.22 Å². The first-order chi connectivity index (χ1) is 10.7. The van der Waals surface area contributed by atoms with E-state index in [1.165, 1.54) is 0 Å². The van der Waals surface area contributed by atoms with Crippen molar-refractivity contribution in [3.05, 3.63) is 0 Å². The zero-order valence-electron chi connectivity index (χ0n) is 16.8. The largest absolute Gasteiger partial charge is 0.413 e. The van der Waals surface area contributed by atoms with E-state index >= 15 is 0 Å². The van der Waals surface area contributed by atoms with E-state index in [2.05, 4.69) is 54.6 Å². The van der Waals surface area contributed by atoms with Gasteiger partial charge in [-0.2, -0.15) is 0 Å². The van der Waals surface area contributed by atoms with E-state index in [4.69, 9.17) is 4.43 Å². The molecular formula is C20H36O3Si. The smallest absolute Gasteiger partial charge is 0.192 e. The molecule has 0 heterocycles. The van der Waals surface area contributed by atoms with Crippen LogP contribution < -0.4 is 0 Å². The fourth-order valence-electron chi connectivity index (χ4n) is 6.16. The molecule has 4 heteroatoms. The van der Waals surface area contributed by atoms with Gasteiger partial charge in [0.25, 0.3) is 0 Å². The molecule has 3 rings (SSSR count). The first-order valence-corrected chi connectivity index (χ1v) is 12.5. The molecule has 24 heavy (non-hydrogen) atoms. The monoisotopic (exact) mass is 352 g/mol. The predicted octanol–water partition coefficient (Wildman–Crippen LogP) is 4.54. The Kier molecular flexibility index (Phi) is 3.84. The molecule has 3 fully saturated rings. The summed E-state index contributed by atoms with van der Waals surface area (Å²) in [5.41, 5.74) is -0.686. The molecule has 0 spiro atoms. The number of aliphatic hydroxyl groups is 1. The molecule has 0 saturated heterocycles. The highest BCUT2D eigenvalue weighted by Gasteiger charge is 2.77. The van der Waals surface area contributed by atoms with Gasteiger partial charge in [-0.05, 0) is 48.7 Å². The molecule has 3 nitrogen and oxygen atoms in total. The van der Waals surface area contributed by atoms with Gasteiger partial charge >= 0.3 is 0 Å². The molecule has 138 valence electrons. The number of hydrogen-bond donors (Lipinski definition) is 1. The number of rotatable bonds is 2. The van der Waals surface area contributed by atoms with E-state index in [1.54, 1.807) is 0 Å². The minimum atomic E-state index is -1.89. The van der Waals surface area contributed by atoms with Gasteiger partial charge in [-0.3, -0.25) is 4.79 Å². The van der Waals surface area contributed by atoms with E-state index in [9.17, 15) is 9.90 Å². The lowest BCUT2D eigenvalue weighted by Crippen LogP contribution is -2.61. The highest BCUT2D eigenvalue weighted by molar-refractivity contribution is 6.74. The lowest BCUT2D eigenvalue weighted by molar-refractivity contribution is -0.163. The quantitative estimate of drug-likeness (QED) is 0.742. The van der Waals surface area contributed by atoms with Crippen molar-refractivity contribution >= 4 is 14.1 Å². The maximum atomic E-state index is 13.1. The topological polar surface area (TPSA) is 46.5 Å². The Morgan fingerprint density at radius 2 is 1.79 bits per heavy atom. The molecule has 0 aliphatic heterocycles. The van der Waals surface area contributed by atoms with Crippen LogP contribution in [-0.4, -0.2) is 31.4 Å². The maximum absolute atomic E-state index is 13.1. The molecule has 1 N–H and O–H groups in total. The van der Waals surface area contributed by atoms with Crippen LogP contribution >= 0.6 is 0 Å². The SMILES string of the molecule is CC1(C)[C@@H](O[Si](C)(C)C(C)(C)C)CC[C@]2(C)[C@H]3CC(=O)[C@@]12C[C@@H]3O. The second kappa shape index (κ2) is 4.95. The number of hydrogen-bond acceptors (Lipinski definition) is 3. The summed E-state index contributed by atoms with van der Waals surface area (Å²) in [6, 6.07) is 0. The van der Waals surface area contributed by atoms with Crippen LogP contribution in [0.4, 0.5) is 0 Å². The van der Waals surface area contributed by atoms with Gasteiger partial charge in [0.05, 0.1) is 12.2 Å². The van der Waals surface area contributed by atoms with Gasteiger partial charge < -0.3 is 9.53 Å². The van der Waals surface area contributed by atoms with Crippen molar-refractivity contribution in [3.63, 3.8) is 0 Å². The molecule has 0 aromatic rings. The maximum Gasteiger partial charge on any atom is 0.192 e. The Bertz CT molecular complexity index is 562. The standard InChI is InChI=1S/C20H36O3Si/c1-17(2,3)24(7,8)23-16-9-10-19(6)13-11-15(22)20(19,12-14(13)21)18(16,4)5/h13-14,16,21H,9-12H2,1-8H3/t13-,14-,16-,19+,20-/m0/s1. The van der Waals surface area contributed by atoms with Crippen molar-refractivity contribution in [2.45, 2.75) is 97.6 Å². The third kappa shape index (κ3) is 1.99. The highest BCUT2D eigenvalue weighted by Crippen LogP contribution is 2.75. The van der Waals surface area contributed by atoms with Gasteiger partial charge in [-0.15, -0.1) is 0 Å². The third-order valence-corrected chi connectivity index (χ3v) is 13.2. The molecule has 0 amide bonds. The van der Waals surface area contributed by atoms with Gasteiger partial charge in [0.1, 0.15) is 5.78 Å². The van der Waals surface area contributed by atoms with Crippen molar-refractivity contribution < 1.29 is 14.3 Å². The van der Waals surface area contributed by atoms with Crippen LogP contribution in [0.3, 0.4) is 0 Å². The Balaban J connectivity index is 2.00. The average molecular weight is 353 g/mol. The van der Waals surface area contributed by atoms with Gasteiger partial charge in [-0.1, -0.05) is 41.5 Å². The van der Waals surface area contributed by atoms with Crippen LogP contribution in [0.5, 0.6) is 0 Å². The van der Waals surface area contributed by atoms with Gasteiger partial charge in [0.2, 0.25) is 0 Å². The van der Waals surface area contributed by atoms with Gasteiger partial charge in [0, 0.05) is 17.3 Å². The van der Waals surface area contributed by atoms with Crippen LogP contribution in [0.25, 0.3) is 0 Å². The Morgan fingerprint density at radius 3 is 2.33 bits per heavy atom. The van der Waals surface area contributed by atoms with Crippen LogP contribution in [0.1, 0.15) is 67.2 Å². The van der Waals surface area contributed by atoms with E-state index in [-0.39, 0.29) is 34.0 Å². The fraction of sp³-hybridized carbons (Fsp3) is 0.950. The fourth-order valence-corrected chi connectivity index (χ4v) is 7.64. The van der Waals surface area contributed by atoms with E-state index < -0.39 is 13.7 Å². The van der Waals surface area contributed by atoms with Crippen LogP contribution in [0.15, 0.2) is 0 Å². The van der Waals surface area contributed by atoms with Crippen molar-refractivity contribution in [2.75, 3.05) is 0 Å².